The maximum Gasteiger partial charge on any atom is 0.406 e. The SMILES string of the molecule is Cc1ccc(OCc2c(C(=O)O)cnn2C)c([N+](=O)[O-])n1. The number of rotatable bonds is 5. The Morgan fingerprint density at radius 3 is 2.86 bits per heavy atom. The number of carbonyl (C=O) groups is 1. The number of aromatic nitrogens is 3. The molecule has 1 N–H and O–H groups in total. The number of pyridine rings is 1. The number of ether oxygens (including phenoxy) is 1. The lowest BCUT2D eigenvalue weighted by Crippen LogP contribution is -2.09. The van der Waals surface area contributed by atoms with Crippen LogP contribution in [0, 0.1) is 17.0 Å². The van der Waals surface area contributed by atoms with Crippen molar-refractivity contribution in [3.05, 3.63) is 45.4 Å². The van der Waals surface area contributed by atoms with Crippen molar-refractivity contribution in [1.29, 1.82) is 0 Å². The molecule has 0 radical (unpaired) electrons. The van der Waals surface area contributed by atoms with Crippen molar-refractivity contribution >= 4 is 11.8 Å². The molecule has 0 aliphatic rings. The van der Waals surface area contributed by atoms with Gasteiger partial charge in [0.15, 0.2) is 0 Å². The van der Waals surface area contributed by atoms with Gasteiger partial charge in [0, 0.05) is 14.0 Å². The molecule has 0 unspecified atom stereocenters. The van der Waals surface area contributed by atoms with Crippen molar-refractivity contribution in [3.63, 3.8) is 0 Å². The average molecular weight is 292 g/mol. The highest BCUT2D eigenvalue weighted by Crippen LogP contribution is 2.25. The van der Waals surface area contributed by atoms with E-state index in [4.69, 9.17) is 9.84 Å². The summed E-state index contributed by atoms with van der Waals surface area (Å²) in [5.41, 5.74) is 0.776. The summed E-state index contributed by atoms with van der Waals surface area (Å²) < 4.78 is 6.69. The molecular weight excluding hydrogens is 280 g/mol. The molecule has 0 amide bonds. The first kappa shape index (κ1) is 14.4. The van der Waals surface area contributed by atoms with E-state index in [2.05, 4.69) is 10.1 Å². The van der Waals surface area contributed by atoms with Gasteiger partial charge >= 0.3 is 11.8 Å². The van der Waals surface area contributed by atoms with Crippen molar-refractivity contribution in [1.82, 2.24) is 14.8 Å². The molecule has 0 atom stereocenters. The van der Waals surface area contributed by atoms with Crippen LogP contribution < -0.4 is 4.74 Å². The molecule has 2 aromatic heterocycles. The van der Waals surface area contributed by atoms with E-state index in [-0.39, 0.29) is 17.9 Å². The van der Waals surface area contributed by atoms with Crippen LogP contribution in [-0.4, -0.2) is 30.8 Å². The summed E-state index contributed by atoms with van der Waals surface area (Å²) in [5.74, 6) is -1.57. The molecule has 0 fully saturated rings. The van der Waals surface area contributed by atoms with Gasteiger partial charge in [0.1, 0.15) is 17.9 Å². The summed E-state index contributed by atoms with van der Waals surface area (Å²) in [5, 5.41) is 23.8. The van der Waals surface area contributed by atoms with E-state index in [1.54, 1.807) is 20.0 Å². The van der Waals surface area contributed by atoms with Crippen LogP contribution in [-0.2, 0) is 13.7 Å². The molecule has 0 saturated carbocycles. The van der Waals surface area contributed by atoms with Crippen LogP contribution in [0.5, 0.6) is 5.75 Å². The molecule has 0 bridgehead atoms. The topological polar surface area (TPSA) is 120 Å². The van der Waals surface area contributed by atoms with Gasteiger partial charge in [-0.1, -0.05) is 0 Å². The van der Waals surface area contributed by atoms with Crippen LogP contribution in [0.3, 0.4) is 0 Å². The molecular formula is C12H12N4O5. The fraction of sp³-hybridized carbons (Fsp3) is 0.250. The fourth-order valence-corrected chi connectivity index (χ4v) is 1.73. The zero-order valence-corrected chi connectivity index (χ0v) is 11.3. The van der Waals surface area contributed by atoms with E-state index in [0.29, 0.717) is 11.4 Å². The highest BCUT2D eigenvalue weighted by molar-refractivity contribution is 5.88. The average Bonchev–Trinajstić information content (AvgIpc) is 2.78. The van der Waals surface area contributed by atoms with Gasteiger partial charge in [-0.05, 0) is 22.0 Å². The minimum atomic E-state index is -1.14. The van der Waals surface area contributed by atoms with E-state index in [9.17, 15) is 14.9 Å². The highest BCUT2D eigenvalue weighted by Gasteiger charge is 2.20. The lowest BCUT2D eigenvalue weighted by Gasteiger charge is -2.07. The second-order valence-electron chi connectivity index (χ2n) is 4.25. The summed E-state index contributed by atoms with van der Waals surface area (Å²) in [6.07, 6.45) is 1.20. The van der Waals surface area contributed by atoms with Crippen molar-refractivity contribution in [2.75, 3.05) is 0 Å². The molecule has 0 spiro atoms. The quantitative estimate of drug-likeness (QED) is 0.651. The maximum atomic E-state index is 11.0. The molecule has 9 nitrogen and oxygen atoms in total. The standard InChI is InChI=1S/C12H12N4O5/c1-7-3-4-10(11(14-7)16(19)20)21-6-9-8(12(17)18)5-13-15(9)2/h3-5H,6H2,1-2H3,(H,17,18). The number of hydrogen-bond donors (Lipinski definition) is 1. The minimum absolute atomic E-state index is 0.0137. The third kappa shape index (κ3) is 2.96. The molecule has 2 rings (SSSR count). The zero-order chi connectivity index (χ0) is 15.6. The van der Waals surface area contributed by atoms with Crippen LogP contribution in [0.1, 0.15) is 21.7 Å². The molecule has 0 aromatic carbocycles. The second-order valence-corrected chi connectivity index (χ2v) is 4.25. The number of nitro groups is 1. The van der Waals surface area contributed by atoms with Gasteiger partial charge in [-0.2, -0.15) is 5.10 Å². The third-order valence-electron chi connectivity index (χ3n) is 2.81. The number of aryl methyl sites for hydroxylation is 2. The molecule has 0 saturated heterocycles. The van der Waals surface area contributed by atoms with E-state index < -0.39 is 16.7 Å². The highest BCUT2D eigenvalue weighted by atomic mass is 16.6. The monoisotopic (exact) mass is 292 g/mol. The Hall–Kier alpha value is -2.97. The zero-order valence-electron chi connectivity index (χ0n) is 11.3. The van der Waals surface area contributed by atoms with Crippen LogP contribution in [0.15, 0.2) is 18.3 Å². The lowest BCUT2D eigenvalue weighted by atomic mass is 10.2. The molecule has 2 aromatic rings. The molecule has 0 aliphatic heterocycles. The maximum absolute atomic E-state index is 11.0. The van der Waals surface area contributed by atoms with Gasteiger partial charge in [-0.25, -0.2) is 4.79 Å². The summed E-state index contributed by atoms with van der Waals surface area (Å²) in [6, 6.07) is 3.00. The summed E-state index contributed by atoms with van der Waals surface area (Å²) in [6.45, 7) is 1.46. The Bertz CT molecular complexity index is 710. The molecule has 9 heteroatoms. The van der Waals surface area contributed by atoms with Gasteiger partial charge in [0.2, 0.25) is 5.75 Å². The van der Waals surface area contributed by atoms with Crippen molar-refractivity contribution in [2.24, 2.45) is 7.05 Å². The van der Waals surface area contributed by atoms with E-state index in [1.807, 2.05) is 0 Å². The van der Waals surface area contributed by atoms with E-state index in [0.717, 1.165) is 0 Å². The summed E-state index contributed by atoms with van der Waals surface area (Å²) in [4.78, 5) is 25.1. The number of carboxylic acid groups (broad SMARTS) is 1. The van der Waals surface area contributed by atoms with Crippen LogP contribution in [0.2, 0.25) is 0 Å². The van der Waals surface area contributed by atoms with Gasteiger partial charge < -0.3 is 20.0 Å². The lowest BCUT2D eigenvalue weighted by molar-refractivity contribution is -0.390. The number of nitrogens with zero attached hydrogens (tertiary/aromatic N) is 4. The first-order chi connectivity index (χ1) is 9.90. The predicted octanol–water partition coefficient (Wildman–Crippen LogP) is 1.31. The normalized spacial score (nSPS) is 10.4. The smallest absolute Gasteiger partial charge is 0.406 e. The van der Waals surface area contributed by atoms with Crippen molar-refractivity contribution < 1.29 is 19.6 Å². The third-order valence-corrected chi connectivity index (χ3v) is 2.81. The van der Waals surface area contributed by atoms with Crippen LogP contribution in [0.4, 0.5) is 5.82 Å². The fourth-order valence-electron chi connectivity index (χ4n) is 1.73. The number of carboxylic acids is 1. The Kier molecular flexibility index (Phi) is 3.83. The Labute approximate surface area is 118 Å². The molecule has 2 heterocycles. The van der Waals surface area contributed by atoms with Crippen LogP contribution >= 0.6 is 0 Å². The Morgan fingerprint density at radius 2 is 2.24 bits per heavy atom. The van der Waals surface area contributed by atoms with Gasteiger partial charge in [0.25, 0.3) is 0 Å². The summed E-state index contributed by atoms with van der Waals surface area (Å²) in [7, 11) is 1.56. The van der Waals surface area contributed by atoms with Crippen molar-refractivity contribution in [3.8, 4) is 5.75 Å². The van der Waals surface area contributed by atoms with Crippen LogP contribution in [0.25, 0.3) is 0 Å². The Morgan fingerprint density at radius 1 is 1.52 bits per heavy atom. The summed E-state index contributed by atoms with van der Waals surface area (Å²) >= 11 is 0. The predicted molar refractivity (Wildman–Crippen MR) is 70.1 cm³/mol. The number of hydrogen-bond acceptors (Lipinski definition) is 6. The first-order valence-electron chi connectivity index (χ1n) is 5.89. The second kappa shape index (κ2) is 5.57. The Balaban J connectivity index is 2.27. The van der Waals surface area contributed by atoms with E-state index in [1.165, 1.54) is 16.9 Å². The van der Waals surface area contributed by atoms with Gasteiger partial charge in [0.05, 0.1) is 11.9 Å². The molecule has 21 heavy (non-hydrogen) atoms. The molecule has 110 valence electrons. The molecule has 0 aliphatic carbocycles. The number of aromatic carboxylic acids is 1. The largest absolute Gasteiger partial charge is 0.479 e. The van der Waals surface area contributed by atoms with Gasteiger partial charge in [-0.15, -0.1) is 0 Å². The first-order valence-corrected chi connectivity index (χ1v) is 5.89. The van der Waals surface area contributed by atoms with Gasteiger partial charge in [-0.3, -0.25) is 4.68 Å². The van der Waals surface area contributed by atoms with E-state index >= 15 is 0 Å². The van der Waals surface area contributed by atoms with Crippen molar-refractivity contribution in [2.45, 2.75) is 13.5 Å². The minimum Gasteiger partial charge on any atom is -0.479 e.